The molecule has 1 aliphatic carbocycles. The van der Waals surface area contributed by atoms with Gasteiger partial charge in [-0.05, 0) is 24.8 Å². The molecule has 1 aromatic heterocycles. The first-order valence-corrected chi connectivity index (χ1v) is 8.82. The van der Waals surface area contributed by atoms with E-state index < -0.39 is 0 Å². The van der Waals surface area contributed by atoms with Gasteiger partial charge in [-0.25, -0.2) is 4.98 Å². The van der Waals surface area contributed by atoms with Gasteiger partial charge >= 0.3 is 0 Å². The molecule has 4 heteroatoms. The molecule has 2 aliphatic rings. The Kier molecular flexibility index (Phi) is 4.20. The highest BCUT2D eigenvalue weighted by Crippen LogP contribution is 2.25. The summed E-state index contributed by atoms with van der Waals surface area (Å²) >= 11 is 0. The molecule has 0 saturated carbocycles. The zero-order valence-electron chi connectivity index (χ0n) is 13.9. The molecule has 4 nitrogen and oxygen atoms in total. The predicted octanol–water partition coefficient (Wildman–Crippen LogP) is 2.98. The van der Waals surface area contributed by atoms with Gasteiger partial charge in [0, 0.05) is 31.1 Å². The van der Waals surface area contributed by atoms with Gasteiger partial charge in [-0.3, -0.25) is 4.79 Å². The lowest BCUT2D eigenvalue weighted by atomic mass is 10.0. The van der Waals surface area contributed by atoms with E-state index in [-0.39, 0.29) is 5.92 Å². The van der Waals surface area contributed by atoms with Crippen molar-refractivity contribution in [2.75, 3.05) is 6.54 Å². The Morgan fingerprint density at radius 3 is 2.75 bits per heavy atom. The molecule has 0 N–H and O–H groups in total. The molecule has 0 saturated heterocycles. The van der Waals surface area contributed by atoms with Gasteiger partial charge in [0.1, 0.15) is 0 Å². The van der Waals surface area contributed by atoms with Gasteiger partial charge in [-0.1, -0.05) is 42.5 Å². The van der Waals surface area contributed by atoms with Gasteiger partial charge in [-0.15, -0.1) is 0 Å². The average molecular weight is 321 g/mol. The third-order valence-corrected chi connectivity index (χ3v) is 5.14. The van der Waals surface area contributed by atoms with Crippen molar-refractivity contribution in [3.63, 3.8) is 0 Å². The van der Waals surface area contributed by atoms with Crippen LogP contribution in [0.25, 0.3) is 0 Å². The fourth-order valence-corrected chi connectivity index (χ4v) is 3.72. The number of imidazole rings is 1. The standard InChI is InChI=1S/C20H23N3O/c24-20(17-8-4-5-9-17)22-13-11-19-18(14-22)21-15-23(19)12-10-16-6-2-1-3-7-16/h1-7,15,17H,8-14H2. The Hall–Kier alpha value is -2.36. The predicted molar refractivity (Wildman–Crippen MR) is 93.4 cm³/mol. The molecule has 124 valence electrons. The molecule has 0 spiro atoms. The van der Waals surface area contributed by atoms with Crippen LogP contribution in [0.4, 0.5) is 0 Å². The van der Waals surface area contributed by atoms with E-state index >= 15 is 0 Å². The van der Waals surface area contributed by atoms with E-state index in [4.69, 9.17) is 0 Å². The molecule has 2 heterocycles. The van der Waals surface area contributed by atoms with Crippen molar-refractivity contribution in [3.05, 3.63) is 65.8 Å². The summed E-state index contributed by atoms with van der Waals surface area (Å²) in [5.74, 6) is 0.455. The van der Waals surface area contributed by atoms with E-state index in [1.165, 1.54) is 11.3 Å². The summed E-state index contributed by atoms with van der Waals surface area (Å²) in [6, 6.07) is 10.5. The zero-order valence-corrected chi connectivity index (χ0v) is 13.9. The Bertz CT molecular complexity index is 739. The molecule has 2 aromatic rings. The molecule has 0 unspecified atom stereocenters. The summed E-state index contributed by atoms with van der Waals surface area (Å²) in [5.41, 5.74) is 3.73. The second-order valence-electron chi connectivity index (χ2n) is 6.72. The number of nitrogens with zero attached hydrogens (tertiary/aromatic N) is 3. The Morgan fingerprint density at radius 1 is 1.17 bits per heavy atom. The van der Waals surface area contributed by atoms with Gasteiger partial charge in [0.15, 0.2) is 0 Å². The third-order valence-electron chi connectivity index (χ3n) is 5.14. The van der Waals surface area contributed by atoms with E-state index in [1.807, 2.05) is 17.3 Å². The number of benzene rings is 1. The van der Waals surface area contributed by atoms with Crippen LogP contribution in [0.15, 0.2) is 48.8 Å². The highest BCUT2D eigenvalue weighted by molar-refractivity contribution is 5.79. The number of allylic oxidation sites excluding steroid dienone is 2. The van der Waals surface area contributed by atoms with Crippen molar-refractivity contribution in [2.24, 2.45) is 5.92 Å². The SMILES string of the molecule is O=C(C1CC=CC1)N1CCc2c(ncn2CCc2ccccc2)C1. The smallest absolute Gasteiger partial charge is 0.226 e. The van der Waals surface area contributed by atoms with Crippen molar-refractivity contribution >= 4 is 5.91 Å². The number of carbonyl (C=O) groups is 1. The van der Waals surface area contributed by atoms with Crippen molar-refractivity contribution < 1.29 is 4.79 Å². The topological polar surface area (TPSA) is 38.1 Å². The number of rotatable bonds is 4. The molecule has 4 rings (SSSR count). The molecular formula is C20H23N3O. The molecule has 1 amide bonds. The van der Waals surface area contributed by atoms with E-state index in [0.29, 0.717) is 12.5 Å². The fourth-order valence-electron chi connectivity index (χ4n) is 3.72. The Morgan fingerprint density at radius 2 is 1.96 bits per heavy atom. The quantitative estimate of drug-likeness (QED) is 0.812. The first-order chi connectivity index (χ1) is 11.8. The maximum atomic E-state index is 12.6. The molecule has 0 atom stereocenters. The first kappa shape index (κ1) is 15.2. The number of aryl methyl sites for hydroxylation is 2. The molecule has 1 aromatic carbocycles. The number of hydrogen-bond acceptors (Lipinski definition) is 2. The molecule has 1 aliphatic heterocycles. The lowest BCUT2D eigenvalue weighted by molar-refractivity contribution is -0.136. The number of fused-ring (bicyclic) bond motifs is 1. The van der Waals surface area contributed by atoms with Crippen LogP contribution in [0, 0.1) is 5.92 Å². The average Bonchev–Trinajstić information content (AvgIpc) is 3.30. The molecular weight excluding hydrogens is 298 g/mol. The molecule has 0 bridgehead atoms. The van der Waals surface area contributed by atoms with Crippen LogP contribution >= 0.6 is 0 Å². The van der Waals surface area contributed by atoms with Crippen molar-refractivity contribution in [2.45, 2.75) is 38.8 Å². The van der Waals surface area contributed by atoms with Gasteiger partial charge in [0.25, 0.3) is 0 Å². The van der Waals surface area contributed by atoms with Gasteiger partial charge in [-0.2, -0.15) is 0 Å². The normalized spacial score (nSPS) is 17.2. The first-order valence-electron chi connectivity index (χ1n) is 8.82. The summed E-state index contributed by atoms with van der Waals surface area (Å²) in [5, 5.41) is 0. The minimum Gasteiger partial charge on any atom is -0.336 e. The maximum absolute atomic E-state index is 12.6. The maximum Gasteiger partial charge on any atom is 0.226 e. The minimum atomic E-state index is 0.159. The van der Waals surface area contributed by atoms with Crippen LogP contribution in [0.3, 0.4) is 0 Å². The lowest BCUT2D eigenvalue weighted by Crippen LogP contribution is -2.39. The summed E-state index contributed by atoms with van der Waals surface area (Å²) in [4.78, 5) is 19.2. The summed E-state index contributed by atoms with van der Waals surface area (Å²) in [6.07, 6.45) is 9.91. The largest absolute Gasteiger partial charge is 0.336 e. The van der Waals surface area contributed by atoms with Crippen molar-refractivity contribution in [3.8, 4) is 0 Å². The summed E-state index contributed by atoms with van der Waals surface area (Å²) < 4.78 is 2.27. The molecule has 24 heavy (non-hydrogen) atoms. The van der Waals surface area contributed by atoms with Crippen LogP contribution in [0.5, 0.6) is 0 Å². The second-order valence-corrected chi connectivity index (χ2v) is 6.72. The van der Waals surface area contributed by atoms with E-state index in [2.05, 4.69) is 46.0 Å². The number of amides is 1. The van der Waals surface area contributed by atoms with Gasteiger partial charge in [0.05, 0.1) is 18.6 Å². The van der Waals surface area contributed by atoms with Crippen molar-refractivity contribution in [1.82, 2.24) is 14.5 Å². The Balaban J connectivity index is 1.41. The van der Waals surface area contributed by atoms with Crippen LogP contribution in [-0.4, -0.2) is 26.9 Å². The number of hydrogen-bond donors (Lipinski definition) is 0. The minimum absolute atomic E-state index is 0.159. The zero-order chi connectivity index (χ0) is 16.4. The van der Waals surface area contributed by atoms with Crippen LogP contribution in [-0.2, 0) is 30.7 Å². The van der Waals surface area contributed by atoms with Crippen molar-refractivity contribution in [1.29, 1.82) is 0 Å². The van der Waals surface area contributed by atoms with Gasteiger partial charge < -0.3 is 9.47 Å². The summed E-state index contributed by atoms with van der Waals surface area (Å²) in [7, 11) is 0. The Labute approximate surface area is 142 Å². The highest BCUT2D eigenvalue weighted by atomic mass is 16.2. The van der Waals surface area contributed by atoms with Crippen LogP contribution in [0.1, 0.15) is 29.8 Å². The van der Waals surface area contributed by atoms with E-state index in [0.717, 1.165) is 44.5 Å². The molecule has 0 fully saturated rings. The van der Waals surface area contributed by atoms with E-state index in [9.17, 15) is 4.79 Å². The number of carbonyl (C=O) groups excluding carboxylic acids is 1. The highest BCUT2D eigenvalue weighted by Gasteiger charge is 2.29. The molecule has 0 radical (unpaired) electrons. The van der Waals surface area contributed by atoms with E-state index in [1.54, 1.807) is 0 Å². The fraction of sp³-hybridized carbons (Fsp3) is 0.400. The summed E-state index contributed by atoms with van der Waals surface area (Å²) in [6.45, 7) is 2.44. The third kappa shape index (κ3) is 3.01. The van der Waals surface area contributed by atoms with Crippen LogP contribution in [0.2, 0.25) is 0 Å². The lowest BCUT2D eigenvalue weighted by Gasteiger charge is -2.29. The monoisotopic (exact) mass is 321 g/mol. The number of aromatic nitrogens is 2. The van der Waals surface area contributed by atoms with Gasteiger partial charge in [0.2, 0.25) is 5.91 Å². The van der Waals surface area contributed by atoms with Crippen LogP contribution < -0.4 is 0 Å². The second kappa shape index (κ2) is 6.63.